The molecule has 3 nitrogen and oxygen atoms in total. The van der Waals surface area contributed by atoms with Crippen LogP contribution in [0.4, 0.5) is 0 Å². The van der Waals surface area contributed by atoms with E-state index in [4.69, 9.17) is 4.74 Å². The molecule has 0 spiro atoms. The van der Waals surface area contributed by atoms with Gasteiger partial charge in [0.25, 0.3) is 0 Å². The van der Waals surface area contributed by atoms with Crippen LogP contribution in [0.5, 0.6) is 0 Å². The molecule has 4 heteroatoms. The van der Waals surface area contributed by atoms with Crippen LogP contribution in [0.15, 0.2) is 17.5 Å². The third-order valence-corrected chi connectivity index (χ3v) is 4.09. The molecule has 0 bridgehead atoms. The van der Waals surface area contributed by atoms with Gasteiger partial charge in [-0.3, -0.25) is 0 Å². The fourth-order valence-corrected chi connectivity index (χ4v) is 2.74. The fourth-order valence-electron chi connectivity index (χ4n) is 2.04. The molecule has 1 aromatic heterocycles. The molecule has 1 aliphatic heterocycles. The van der Waals surface area contributed by atoms with Crippen LogP contribution >= 0.6 is 11.3 Å². The molecule has 1 aromatic rings. The summed E-state index contributed by atoms with van der Waals surface area (Å²) < 4.78 is 5.69. The predicted octanol–water partition coefficient (Wildman–Crippen LogP) is 1.60. The highest BCUT2D eigenvalue weighted by molar-refractivity contribution is 7.09. The minimum atomic E-state index is 0.410. The van der Waals surface area contributed by atoms with Crippen molar-refractivity contribution in [2.24, 2.45) is 0 Å². The molecule has 1 saturated heterocycles. The van der Waals surface area contributed by atoms with Gasteiger partial charge in [-0.1, -0.05) is 6.07 Å². The standard InChI is InChI=1S/C13H22N2OS/c1-15(8-5-13-3-2-10-17-13)7-4-12-11-14-6-9-16-12/h2-3,10,12,14H,4-9,11H2,1H3. The molecule has 0 aliphatic carbocycles. The Balaban J connectivity index is 1.58. The molecule has 2 heterocycles. The number of hydrogen-bond acceptors (Lipinski definition) is 4. The zero-order valence-corrected chi connectivity index (χ0v) is 11.3. The number of nitrogens with one attached hydrogen (secondary N) is 1. The lowest BCUT2D eigenvalue weighted by Crippen LogP contribution is -2.40. The summed E-state index contributed by atoms with van der Waals surface area (Å²) in [7, 11) is 2.20. The number of likely N-dealkylation sites (N-methyl/N-ethyl adjacent to an activating group) is 1. The summed E-state index contributed by atoms with van der Waals surface area (Å²) in [6.45, 7) is 5.14. The molecule has 0 saturated carbocycles. The summed E-state index contributed by atoms with van der Waals surface area (Å²) in [6.07, 6.45) is 2.71. The molecule has 1 N–H and O–H groups in total. The monoisotopic (exact) mass is 254 g/mol. The lowest BCUT2D eigenvalue weighted by molar-refractivity contribution is 0.0188. The van der Waals surface area contributed by atoms with E-state index in [-0.39, 0.29) is 0 Å². The van der Waals surface area contributed by atoms with Crippen molar-refractivity contribution in [3.8, 4) is 0 Å². The first-order valence-corrected chi connectivity index (χ1v) is 7.26. The molecular formula is C13H22N2OS. The van der Waals surface area contributed by atoms with Gasteiger partial charge in [-0.25, -0.2) is 0 Å². The third kappa shape index (κ3) is 4.76. The number of thiophene rings is 1. The lowest BCUT2D eigenvalue weighted by Gasteiger charge is -2.25. The molecule has 96 valence electrons. The second-order valence-electron chi connectivity index (χ2n) is 4.62. The Bertz CT molecular complexity index is 296. The van der Waals surface area contributed by atoms with Crippen LogP contribution in [-0.4, -0.2) is 50.8 Å². The van der Waals surface area contributed by atoms with Gasteiger partial charge in [0.1, 0.15) is 0 Å². The molecule has 0 amide bonds. The van der Waals surface area contributed by atoms with Crippen molar-refractivity contribution in [2.75, 3.05) is 39.8 Å². The zero-order chi connectivity index (χ0) is 11.9. The maximum atomic E-state index is 5.69. The quantitative estimate of drug-likeness (QED) is 0.834. The first kappa shape index (κ1) is 13.0. The average molecular weight is 254 g/mol. The van der Waals surface area contributed by atoms with E-state index in [1.54, 1.807) is 0 Å². The topological polar surface area (TPSA) is 24.5 Å². The second-order valence-corrected chi connectivity index (χ2v) is 5.65. The van der Waals surface area contributed by atoms with E-state index < -0.39 is 0 Å². The van der Waals surface area contributed by atoms with Crippen molar-refractivity contribution in [3.05, 3.63) is 22.4 Å². The predicted molar refractivity (Wildman–Crippen MR) is 72.7 cm³/mol. The highest BCUT2D eigenvalue weighted by Crippen LogP contribution is 2.10. The van der Waals surface area contributed by atoms with Crippen LogP contribution in [0, 0.1) is 0 Å². The van der Waals surface area contributed by atoms with Gasteiger partial charge in [-0.15, -0.1) is 11.3 Å². The van der Waals surface area contributed by atoms with Crippen molar-refractivity contribution < 1.29 is 4.74 Å². The highest BCUT2D eigenvalue weighted by Gasteiger charge is 2.13. The largest absolute Gasteiger partial charge is 0.376 e. The third-order valence-electron chi connectivity index (χ3n) is 3.16. The molecule has 0 radical (unpaired) electrons. The van der Waals surface area contributed by atoms with E-state index in [1.165, 1.54) is 4.88 Å². The van der Waals surface area contributed by atoms with Crippen LogP contribution in [0.1, 0.15) is 11.3 Å². The number of hydrogen-bond donors (Lipinski definition) is 1. The summed E-state index contributed by atoms with van der Waals surface area (Å²) in [4.78, 5) is 3.88. The Labute approximate surface area is 108 Å². The summed E-state index contributed by atoms with van der Waals surface area (Å²) in [5.74, 6) is 0. The van der Waals surface area contributed by atoms with Crippen LogP contribution in [0.25, 0.3) is 0 Å². The Morgan fingerprint density at radius 3 is 3.18 bits per heavy atom. The number of rotatable bonds is 6. The Morgan fingerprint density at radius 2 is 2.47 bits per heavy atom. The second kappa shape index (κ2) is 7.11. The molecule has 1 unspecified atom stereocenters. The molecule has 1 fully saturated rings. The minimum absolute atomic E-state index is 0.410. The Morgan fingerprint density at radius 1 is 1.53 bits per heavy atom. The number of ether oxygens (including phenoxy) is 1. The van der Waals surface area contributed by atoms with Gasteiger partial charge in [0.05, 0.1) is 12.7 Å². The SMILES string of the molecule is CN(CCc1cccs1)CCC1CNCCO1. The minimum Gasteiger partial charge on any atom is -0.376 e. The van der Waals surface area contributed by atoms with Gasteiger partial charge < -0.3 is 15.0 Å². The van der Waals surface area contributed by atoms with Crippen molar-refractivity contribution in [3.63, 3.8) is 0 Å². The first-order valence-electron chi connectivity index (χ1n) is 6.38. The normalized spacial score (nSPS) is 20.9. The molecule has 0 aromatic carbocycles. The van der Waals surface area contributed by atoms with Crippen LogP contribution in [-0.2, 0) is 11.2 Å². The van der Waals surface area contributed by atoms with Gasteiger partial charge in [-0.05, 0) is 31.3 Å². The summed E-state index contributed by atoms with van der Waals surface area (Å²) in [5.41, 5.74) is 0. The van der Waals surface area contributed by atoms with E-state index in [1.807, 2.05) is 11.3 Å². The maximum absolute atomic E-state index is 5.69. The molecule has 1 aliphatic rings. The highest BCUT2D eigenvalue weighted by atomic mass is 32.1. The molecule has 17 heavy (non-hydrogen) atoms. The van der Waals surface area contributed by atoms with Gasteiger partial charge in [0, 0.05) is 31.1 Å². The molecular weight excluding hydrogens is 232 g/mol. The van der Waals surface area contributed by atoms with Crippen molar-refractivity contribution in [1.29, 1.82) is 0 Å². The van der Waals surface area contributed by atoms with E-state index in [9.17, 15) is 0 Å². The zero-order valence-electron chi connectivity index (χ0n) is 10.5. The van der Waals surface area contributed by atoms with Crippen LogP contribution in [0.2, 0.25) is 0 Å². The molecule has 2 rings (SSSR count). The van der Waals surface area contributed by atoms with Crippen LogP contribution < -0.4 is 5.32 Å². The van der Waals surface area contributed by atoms with Gasteiger partial charge in [0.2, 0.25) is 0 Å². The average Bonchev–Trinajstić information content (AvgIpc) is 2.88. The summed E-state index contributed by atoms with van der Waals surface area (Å²) in [6, 6.07) is 4.34. The maximum Gasteiger partial charge on any atom is 0.0712 e. The van der Waals surface area contributed by atoms with Crippen molar-refractivity contribution in [2.45, 2.75) is 18.9 Å². The Hall–Kier alpha value is -0.420. The fraction of sp³-hybridized carbons (Fsp3) is 0.692. The summed E-state index contributed by atoms with van der Waals surface area (Å²) in [5, 5.41) is 5.52. The van der Waals surface area contributed by atoms with Gasteiger partial charge >= 0.3 is 0 Å². The van der Waals surface area contributed by atoms with E-state index in [0.717, 1.165) is 45.6 Å². The van der Waals surface area contributed by atoms with E-state index in [2.05, 4.69) is 34.8 Å². The van der Waals surface area contributed by atoms with Crippen molar-refractivity contribution in [1.82, 2.24) is 10.2 Å². The number of morpholine rings is 1. The van der Waals surface area contributed by atoms with E-state index >= 15 is 0 Å². The summed E-state index contributed by atoms with van der Waals surface area (Å²) >= 11 is 1.85. The number of nitrogens with zero attached hydrogens (tertiary/aromatic N) is 1. The first-order chi connectivity index (χ1) is 8.34. The van der Waals surface area contributed by atoms with Gasteiger partial charge in [0.15, 0.2) is 0 Å². The van der Waals surface area contributed by atoms with Crippen LogP contribution in [0.3, 0.4) is 0 Å². The van der Waals surface area contributed by atoms with Gasteiger partial charge in [-0.2, -0.15) is 0 Å². The Kier molecular flexibility index (Phi) is 5.45. The van der Waals surface area contributed by atoms with E-state index in [0.29, 0.717) is 6.10 Å². The molecule has 1 atom stereocenters. The lowest BCUT2D eigenvalue weighted by atomic mass is 10.2. The smallest absolute Gasteiger partial charge is 0.0712 e. The van der Waals surface area contributed by atoms with Crippen molar-refractivity contribution >= 4 is 11.3 Å².